The summed E-state index contributed by atoms with van der Waals surface area (Å²) in [5.41, 5.74) is 2.38. The summed E-state index contributed by atoms with van der Waals surface area (Å²) in [7, 11) is 3.44. The minimum Gasteiger partial charge on any atom is -0.345 e. The van der Waals surface area contributed by atoms with E-state index in [9.17, 15) is 13.6 Å². The van der Waals surface area contributed by atoms with E-state index in [-0.39, 0.29) is 28.5 Å². The maximum absolute atomic E-state index is 14.4. The van der Waals surface area contributed by atoms with Gasteiger partial charge in [-0.2, -0.15) is 5.10 Å². The number of pyridine rings is 1. The van der Waals surface area contributed by atoms with Crippen molar-refractivity contribution in [1.29, 1.82) is 0 Å². The van der Waals surface area contributed by atoms with Gasteiger partial charge in [0.05, 0.1) is 28.1 Å². The maximum Gasteiger partial charge on any atom is 0.253 e. The number of hydrogen-bond donors (Lipinski definition) is 0. The number of fused-ring (bicyclic) bond motifs is 5. The van der Waals surface area contributed by atoms with Crippen LogP contribution in [-0.2, 0) is 5.41 Å². The third-order valence-corrected chi connectivity index (χ3v) is 7.45. The highest BCUT2D eigenvalue weighted by Gasteiger charge is 2.65. The molecular formula is C25H24F2N4O. The monoisotopic (exact) mass is 434 g/mol. The van der Waals surface area contributed by atoms with Gasteiger partial charge in [0, 0.05) is 25.9 Å². The van der Waals surface area contributed by atoms with E-state index in [1.54, 1.807) is 32.4 Å². The molecule has 3 aromatic rings. The van der Waals surface area contributed by atoms with Crippen LogP contribution < -0.4 is 0 Å². The number of carbonyl (C=O) groups excluding carboxylic acids is 1. The van der Waals surface area contributed by atoms with Gasteiger partial charge in [-0.25, -0.2) is 8.78 Å². The van der Waals surface area contributed by atoms with E-state index in [2.05, 4.69) is 29.0 Å². The third kappa shape index (κ3) is 2.60. The standard InChI is InChI=1S/C25H24F2N4O/c1-24(2)16-8-10-25(24,20-12-14(9-11-28-20)23(32)31(3)4)22-15(16)13-19(29-30-22)21-17(26)6-5-7-18(21)27/h5-7,9,11-13,16H,8,10H2,1-4H3/t16-,25+/m0/s1. The molecule has 5 nitrogen and oxygen atoms in total. The summed E-state index contributed by atoms with van der Waals surface area (Å²) in [6, 6.07) is 9.14. The molecule has 2 aromatic heterocycles. The summed E-state index contributed by atoms with van der Waals surface area (Å²) in [5.74, 6) is -1.26. The normalized spacial score (nSPS) is 22.6. The van der Waals surface area contributed by atoms with Gasteiger partial charge in [-0.15, -0.1) is 5.10 Å². The van der Waals surface area contributed by atoms with Crippen LogP contribution in [0.15, 0.2) is 42.6 Å². The van der Waals surface area contributed by atoms with Crippen molar-refractivity contribution in [2.75, 3.05) is 14.1 Å². The molecule has 0 unspecified atom stereocenters. The van der Waals surface area contributed by atoms with Crippen molar-refractivity contribution in [3.05, 3.63) is 76.7 Å². The Labute approximate surface area is 185 Å². The van der Waals surface area contributed by atoms with Gasteiger partial charge in [0.15, 0.2) is 0 Å². The molecule has 2 atom stereocenters. The molecule has 2 aliphatic rings. The minimum atomic E-state index is -0.659. The fourth-order valence-corrected chi connectivity index (χ4v) is 5.81. The first-order valence-corrected chi connectivity index (χ1v) is 10.7. The molecule has 0 N–H and O–H groups in total. The second-order valence-corrected chi connectivity index (χ2v) is 9.48. The Balaban J connectivity index is 1.69. The first kappa shape index (κ1) is 20.7. The van der Waals surface area contributed by atoms with Crippen LogP contribution in [-0.4, -0.2) is 40.1 Å². The molecule has 1 saturated carbocycles. The van der Waals surface area contributed by atoms with Crippen molar-refractivity contribution in [1.82, 2.24) is 20.1 Å². The van der Waals surface area contributed by atoms with Crippen LogP contribution in [0.4, 0.5) is 8.78 Å². The molecule has 7 heteroatoms. The Bertz CT molecular complexity index is 1240. The molecule has 0 saturated heterocycles. The van der Waals surface area contributed by atoms with E-state index in [0.717, 1.165) is 29.8 Å². The van der Waals surface area contributed by atoms with E-state index in [1.165, 1.54) is 23.1 Å². The fourth-order valence-electron chi connectivity index (χ4n) is 5.81. The number of carbonyl (C=O) groups is 1. The lowest BCUT2D eigenvalue weighted by Crippen LogP contribution is -2.38. The fraction of sp³-hybridized carbons (Fsp3) is 0.360. The number of rotatable bonds is 3. The SMILES string of the molecule is CN(C)C(=O)c1ccnc([C@]23CC[C@@H](c4cc(-c5c(F)cccc5F)nnc42)C3(C)C)c1. The van der Waals surface area contributed by atoms with Gasteiger partial charge >= 0.3 is 0 Å². The summed E-state index contributed by atoms with van der Waals surface area (Å²) in [5, 5.41) is 8.79. The predicted octanol–water partition coefficient (Wildman–Crippen LogP) is 4.72. The summed E-state index contributed by atoms with van der Waals surface area (Å²) >= 11 is 0. The Morgan fingerprint density at radius 1 is 1.09 bits per heavy atom. The zero-order chi connectivity index (χ0) is 22.8. The van der Waals surface area contributed by atoms with Crippen LogP contribution >= 0.6 is 0 Å². The van der Waals surface area contributed by atoms with Gasteiger partial charge in [-0.05, 0) is 60.1 Å². The molecule has 0 spiro atoms. The van der Waals surface area contributed by atoms with Crippen molar-refractivity contribution < 1.29 is 13.6 Å². The lowest BCUT2D eigenvalue weighted by atomic mass is 9.66. The summed E-state index contributed by atoms with van der Waals surface area (Å²) in [6.45, 7) is 4.36. The summed E-state index contributed by atoms with van der Waals surface area (Å²) in [6.07, 6.45) is 3.39. The Hall–Kier alpha value is -3.22. The van der Waals surface area contributed by atoms with Crippen LogP contribution in [0.3, 0.4) is 0 Å². The van der Waals surface area contributed by atoms with E-state index < -0.39 is 17.0 Å². The quantitative estimate of drug-likeness (QED) is 0.598. The molecule has 5 rings (SSSR count). The lowest BCUT2D eigenvalue weighted by molar-refractivity contribution is 0.0827. The maximum atomic E-state index is 14.4. The predicted molar refractivity (Wildman–Crippen MR) is 116 cm³/mol. The van der Waals surface area contributed by atoms with E-state index in [4.69, 9.17) is 0 Å². The van der Waals surface area contributed by atoms with E-state index in [0.29, 0.717) is 5.56 Å². The number of benzene rings is 1. The zero-order valence-electron chi connectivity index (χ0n) is 18.5. The smallest absolute Gasteiger partial charge is 0.253 e. The molecule has 0 aliphatic heterocycles. The second kappa shape index (κ2) is 6.89. The molecule has 2 bridgehead atoms. The number of aromatic nitrogens is 3. The van der Waals surface area contributed by atoms with Crippen molar-refractivity contribution in [2.45, 2.75) is 38.0 Å². The highest BCUT2D eigenvalue weighted by molar-refractivity contribution is 5.94. The molecule has 1 aromatic carbocycles. The first-order valence-electron chi connectivity index (χ1n) is 10.7. The highest BCUT2D eigenvalue weighted by Crippen LogP contribution is 2.69. The zero-order valence-corrected chi connectivity index (χ0v) is 18.5. The average molecular weight is 434 g/mol. The molecule has 1 amide bonds. The molecule has 32 heavy (non-hydrogen) atoms. The Kier molecular flexibility index (Phi) is 4.45. The summed E-state index contributed by atoms with van der Waals surface area (Å²) in [4.78, 5) is 18.8. The number of hydrogen-bond acceptors (Lipinski definition) is 4. The van der Waals surface area contributed by atoms with Gasteiger partial charge in [-0.3, -0.25) is 9.78 Å². The molecule has 0 radical (unpaired) electrons. The van der Waals surface area contributed by atoms with Crippen molar-refractivity contribution >= 4 is 5.91 Å². The van der Waals surface area contributed by atoms with Crippen LogP contribution in [0.25, 0.3) is 11.3 Å². The molecule has 2 aliphatic carbocycles. The Morgan fingerprint density at radius 3 is 2.50 bits per heavy atom. The molecular weight excluding hydrogens is 410 g/mol. The van der Waals surface area contributed by atoms with Crippen molar-refractivity contribution in [3.8, 4) is 11.3 Å². The third-order valence-electron chi connectivity index (χ3n) is 7.45. The molecule has 2 heterocycles. The van der Waals surface area contributed by atoms with E-state index >= 15 is 0 Å². The number of halogens is 2. The number of nitrogens with zero attached hydrogens (tertiary/aromatic N) is 4. The summed E-state index contributed by atoms with van der Waals surface area (Å²) < 4.78 is 28.8. The van der Waals surface area contributed by atoms with Crippen LogP contribution in [0, 0.1) is 17.0 Å². The average Bonchev–Trinajstić information content (AvgIpc) is 3.14. The Morgan fingerprint density at radius 2 is 1.81 bits per heavy atom. The van der Waals surface area contributed by atoms with Gasteiger partial charge < -0.3 is 4.90 Å². The topological polar surface area (TPSA) is 59.0 Å². The second-order valence-electron chi connectivity index (χ2n) is 9.48. The van der Waals surface area contributed by atoms with Crippen LogP contribution in [0.1, 0.15) is 59.9 Å². The lowest BCUT2D eigenvalue weighted by Gasteiger charge is -2.37. The van der Waals surface area contributed by atoms with Gasteiger partial charge in [-0.1, -0.05) is 19.9 Å². The van der Waals surface area contributed by atoms with Gasteiger partial charge in [0.1, 0.15) is 11.6 Å². The van der Waals surface area contributed by atoms with Crippen molar-refractivity contribution in [2.24, 2.45) is 5.41 Å². The van der Waals surface area contributed by atoms with Crippen LogP contribution in [0.2, 0.25) is 0 Å². The number of amides is 1. The molecule has 1 fully saturated rings. The van der Waals surface area contributed by atoms with Crippen molar-refractivity contribution in [3.63, 3.8) is 0 Å². The van der Waals surface area contributed by atoms with Gasteiger partial charge in [0.25, 0.3) is 5.91 Å². The highest BCUT2D eigenvalue weighted by atomic mass is 19.1. The van der Waals surface area contributed by atoms with Gasteiger partial charge in [0.2, 0.25) is 0 Å². The first-order chi connectivity index (χ1) is 15.2. The minimum absolute atomic E-state index is 0.0907. The van der Waals surface area contributed by atoms with E-state index in [1.807, 2.05) is 6.07 Å². The molecule has 164 valence electrons. The van der Waals surface area contributed by atoms with Crippen LogP contribution in [0.5, 0.6) is 0 Å². The largest absolute Gasteiger partial charge is 0.345 e.